The number of rotatable bonds is 7. The molecule has 0 saturated carbocycles. The van der Waals surface area contributed by atoms with E-state index in [0.717, 1.165) is 44.4 Å². The molecule has 0 bridgehead atoms. The van der Waals surface area contributed by atoms with E-state index in [1.807, 2.05) is 67.6 Å². The number of hydrogen-bond donors (Lipinski definition) is 0. The van der Waals surface area contributed by atoms with Gasteiger partial charge in [0.05, 0.1) is 0 Å². The summed E-state index contributed by atoms with van der Waals surface area (Å²) in [5, 5.41) is 4.47. The molecule has 4 heterocycles. The Balaban J connectivity index is 1.21. The summed E-state index contributed by atoms with van der Waals surface area (Å²) in [7, 11) is 0. The molecule has 7 nitrogen and oxygen atoms in total. The van der Waals surface area contributed by atoms with Gasteiger partial charge in [-0.2, -0.15) is 5.10 Å². The monoisotopic (exact) mass is 1080 g/mol. The van der Waals surface area contributed by atoms with E-state index in [1.165, 1.54) is 4.59 Å². The van der Waals surface area contributed by atoms with Crippen LogP contribution in [0.5, 0.6) is 11.5 Å². The molecule has 1 aliphatic heterocycles. The molecule has 9 heteroatoms. The minimum atomic E-state index is -2.51. The van der Waals surface area contributed by atoms with Crippen LogP contribution in [0.3, 0.4) is 0 Å². The fourth-order valence-electron chi connectivity index (χ4n) is 8.82. The van der Waals surface area contributed by atoms with Gasteiger partial charge in [0.25, 0.3) is 0 Å². The predicted octanol–water partition coefficient (Wildman–Crippen LogP) is 14.8. The van der Waals surface area contributed by atoms with Crippen molar-refractivity contribution < 1.29 is 35.1 Å². The van der Waals surface area contributed by atoms with Crippen molar-refractivity contribution in [2.75, 3.05) is 4.81 Å². The van der Waals surface area contributed by atoms with E-state index < -0.39 is 37.3 Å². The second-order valence-electron chi connectivity index (χ2n) is 20.6. The molecule has 3 aromatic heterocycles. The standard InChI is InChI=1S/C59H57BN6O.Pt/c1-39-26-28-61-55(30-39)65-54-37-47(24-25-48(54)51-27-29-62-66(51)60(65)11)67-46-21-17-20-45(36-46)63-38-64(53-23-16-15-22-52(53)63)56-49(40-18-13-12-14-19-40)34-44(59(8,9)10)35-50(56)41-31-42(57(2,3)4)33-43(32-41)58(5,6)7;/h12-35H,1-11H3;/q-2;/i11D3,12D,13D,14D,18D,19D;. The van der Waals surface area contributed by atoms with E-state index in [1.54, 1.807) is 35.4 Å². The first-order chi connectivity index (χ1) is 35.6. The van der Waals surface area contributed by atoms with E-state index in [9.17, 15) is 2.74 Å². The quantitative estimate of drug-likeness (QED) is 0.118. The molecule has 0 atom stereocenters. The number of fused-ring (bicyclic) bond motifs is 4. The van der Waals surface area contributed by atoms with Crippen LogP contribution >= 0.6 is 0 Å². The van der Waals surface area contributed by atoms with Gasteiger partial charge < -0.3 is 0 Å². The Morgan fingerprint density at radius 2 is 1.29 bits per heavy atom. The number of anilines is 2. The van der Waals surface area contributed by atoms with Crippen molar-refractivity contribution in [3.8, 4) is 56.4 Å². The van der Waals surface area contributed by atoms with Gasteiger partial charge in [-0.25, -0.2) is 0 Å². The van der Waals surface area contributed by atoms with Gasteiger partial charge in [0.15, 0.2) is 0 Å². The molecule has 9 aromatic rings. The molecule has 10 rings (SSSR count). The molecule has 0 fully saturated rings. The number of hydrogen-bond acceptors (Lipinski definition) is 4. The van der Waals surface area contributed by atoms with E-state index >= 15 is 0 Å². The Morgan fingerprint density at radius 1 is 0.647 bits per heavy atom. The number of ether oxygens (including phenoxy) is 1. The summed E-state index contributed by atoms with van der Waals surface area (Å²) in [6.45, 7) is 17.8. The van der Waals surface area contributed by atoms with E-state index in [0.29, 0.717) is 55.0 Å². The zero-order valence-corrected chi connectivity index (χ0v) is 42.2. The summed E-state index contributed by atoms with van der Waals surface area (Å²) in [5.74, 6) is 1.12. The third-order valence-electron chi connectivity index (χ3n) is 12.6. The fourth-order valence-corrected chi connectivity index (χ4v) is 9.89. The maximum absolute atomic E-state index is 9.47. The SMILES string of the molecule is [2H]c1c([2H])c([2H])c(-c2cc(C(C)(C)C)cc(-c3cc(C(C)(C)C)cc(C(C)(C)C)c3)c2-n2[c](=[Pt])n(-c3[c-]c(Oc4[c-]c5c(cc4)-c4ccnn4B(C([2H])([2H])[2H])N5c4cc(C)ccn4)ccc3)c3ccccc32)c([2H])c1[2H]. The molecular weight excluding hydrogens is 1010 g/mol. The normalized spacial score (nSPS) is 14.8. The van der Waals surface area contributed by atoms with Crippen LogP contribution in [0.4, 0.5) is 11.5 Å². The Bertz CT molecular complexity index is 3820. The van der Waals surface area contributed by atoms with Gasteiger partial charge in [-0.3, -0.25) is 0 Å². The number of benzene rings is 6. The molecule has 0 unspecified atom stereocenters. The minimum absolute atomic E-state index is 0.103. The predicted molar refractivity (Wildman–Crippen MR) is 276 cm³/mol. The van der Waals surface area contributed by atoms with Gasteiger partial charge in [-0.05, 0) is 18.6 Å². The van der Waals surface area contributed by atoms with Crippen molar-refractivity contribution >= 4 is 29.5 Å². The molecule has 0 saturated heterocycles. The number of aromatic nitrogens is 5. The summed E-state index contributed by atoms with van der Waals surface area (Å²) in [6.07, 6.45) is 3.25. The third-order valence-corrected chi connectivity index (χ3v) is 13.6. The first-order valence-corrected chi connectivity index (χ1v) is 23.9. The summed E-state index contributed by atoms with van der Waals surface area (Å²) in [4.78, 5) is 6.28. The molecule has 0 spiro atoms. The number of nitrogens with zero attached hydrogens (tertiary/aromatic N) is 6. The van der Waals surface area contributed by atoms with Crippen molar-refractivity contribution in [1.82, 2.24) is 23.8 Å². The van der Waals surface area contributed by atoms with Crippen LogP contribution in [-0.2, 0) is 35.6 Å². The number of aryl methyl sites for hydroxylation is 1. The van der Waals surface area contributed by atoms with Crippen molar-refractivity contribution in [1.29, 1.82) is 0 Å². The van der Waals surface area contributed by atoms with Crippen LogP contribution in [0, 0.1) is 22.9 Å². The topological polar surface area (TPSA) is 53.0 Å². The van der Waals surface area contributed by atoms with Gasteiger partial charge in [-0.1, -0.05) is 0 Å². The molecule has 0 amide bonds. The molecule has 344 valence electrons. The average molecular weight is 1080 g/mol. The van der Waals surface area contributed by atoms with Crippen molar-refractivity contribution in [2.45, 2.75) is 92.2 Å². The first kappa shape index (κ1) is 36.5. The molecule has 0 aliphatic carbocycles. The Kier molecular flexibility index (Phi) is 9.09. The molecule has 0 N–H and O–H groups in total. The maximum atomic E-state index is 9.47. The van der Waals surface area contributed by atoms with Gasteiger partial charge in [0.1, 0.15) is 0 Å². The molecular formula is C59H57BN6OPt-2. The molecule has 1 aliphatic rings. The second-order valence-corrected chi connectivity index (χ2v) is 21.6. The Hall–Kier alpha value is -6.50. The van der Waals surface area contributed by atoms with Crippen molar-refractivity contribution in [3.63, 3.8) is 0 Å². The molecule has 0 radical (unpaired) electrons. The number of pyridine rings is 1. The van der Waals surface area contributed by atoms with Crippen molar-refractivity contribution in [2.24, 2.45) is 0 Å². The van der Waals surface area contributed by atoms with Crippen LogP contribution in [0.1, 0.15) is 95.5 Å². The van der Waals surface area contributed by atoms with Crippen LogP contribution in [0.2, 0.25) is 6.75 Å². The van der Waals surface area contributed by atoms with Gasteiger partial charge in [0, 0.05) is 16.5 Å². The molecule has 6 aromatic carbocycles. The van der Waals surface area contributed by atoms with E-state index in [2.05, 4.69) is 137 Å². The average Bonchev–Trinajstić information content (AvgIpc) is 4.01. The summed E-state index contributed by atoms with van der Waals surface area (Å²) in [6, 6.07) is 38.8. The summed E-state index contributed by atoms with van der Waals surface area (Å²) < 4.78 is 84.6. The van der Waals surface area contributed by atoms with E-state index in [4.69, 9.17) is 13.0 Å². The van der Waals surface area contributed by atoms with Crippen molar-refractivity contribution in [3.05, 3.63) is 184 Å². The van der Waals surface area contributed by atoms with Gasteiger partial charge in [-0.15, -0.1) is 0 Å². The number of imidazole rings is 1. The summed E-state index contributed by atoms with van der Waals surface area (Å²) >= 11 is 2.32. The third kappa shape index (κ3) is 8.21. The first-order valence-electron chi connectivity index (χ1n) is 26.8. The molecule has 68 heavy (non-hydrogen) atoms. The fraction of sp³-hybridized carbons (Fsp3) is 0.237. The number of para-hydroxylation sites is 2. The second kappa shape index (κ2) is 16.9. The summed E-state index contributed by atoms with van der Waals surface area (Å²) in [5.41, 5.74) is 10.3. The van der Waals surface area contributed by atoms with Crippen LogP contribution in [0.25, 0.3) is 55.9 Å². The van der Waals surface area contributed by atoms with E-state index in [-0.39, 0.29) is 28.5 Å². The zero-order chi connectivity index (χ0) is 54.7. The van der Waals surface area contributed by atoms with Crippen LogP contribution in [0.15, 0.2) is 146 Å². The zero-order valence-electron chi connectivity index (χ0n) is 48.0. The van der Waals surface area contributed by atoms with Crippen LogP contribution < -0.4 is 9.55 Å². The van der Waals surface area contributed by atoms with Gasteiger partial charge >= 0.3 is 386 Å². The van der Waals surface area contributed by atoms with Crippen LogP contribution in [-0.4, -0.2) is 30.8 Å². The Labute approximate surface area is 423 Å². The van der Waals surface area contributed by atoms with Gasteiger partial charge in [0.2, 0.25) is 0 Å². The Morgan fingerprint density at radius 3 is 1.96 bits per heavy atom.